The van der Waals surface area contributed by atoms with Crippen LogP contribution in [-0.2, 0) is 4.74 Å². The van der Waals surface area contributed by atoms with Crippen molar-refractivity contribution < 1.29 is 4.74 Å². The summed E-state index contributed by atoms with van der Waals surface area (Å²) in [6.07, 6.45) is 7.50. The highest BCUT2D eigenvalue weighted by molar-refractivity contribution is 5.88. The highest BCUT2D eigenvalue weighted by Gasteiger charge is 2.13. The zero-order valence-electron chi connectivity index (χ0n) is 17.8. The molecule has 2 N–H and O–H groups in total. The number of nitrogens with zero attached hydrogens (tertiary/aromatic N) is 5. The van der Waals surface area contributed by atoms with E-state index in [4.69, 9.17) is 4.74 Å². The second-order valence-corrected chi connectivity index (χ2v) is 7.17. The molecule has 0 spiro atoms. The van der Waals surface area contributed by atoms with Gasteiger partial charge in [-0.2, -0.15) is 0 Å². The molecule has 1 saturated heterocycles. The van der Waals surface area contributed by atoms with E-state index < -0.39 is 0 Å². The Balaban J connectivity index is 0.000000282. The number of rotatable bonds is 3. The van der Waals surface area contributed by atoms with Gasteiger partial charge >= 0.3 is 0 Å². The van der Waals surface area contributed by atoms with Crippen LogP contribution in [0.4, 0.5) is 11.6 Å². The van der Waals surface area contributed by atoms with Crippen molar-refractivity contribution in [3.8, 4) is 23.1 Å². The minimum Gasteiger partial charge on any atom is -0.378 e. The molecule has 8 heteroatoms. The molecule has 0 bridgehead atoms. The minimum atomic E-state index is 0.716. The summed E-state index contributed by atoms with van der Waals surface area (Å²) in [7, 11) is 1.83. The Morgan fingerprint density at radius 1 is 1.10 bits per heavy atom. The second-order valence-electron chi connectivity index (χ2n) is 7.17. The van der Waals surface area contributed by atoms with Gasteiger partial charge in [-0.15, -0.1) is 5.92 Å². The molecule has 160 valence electrons. The number of nitrogens with one attached hydrogen (secondary N) is 2. The van der Waals surface area contributed by atoms with E-state index in [0.717, 1.165) is 73.9 Å². The smallest absolute Gasteiger partial charge is 0.154 e. The number of anilines is 2. The van der Waals surface area contributed by atoms with Crippen molar-refractivity contribution in [2.24, 2.45) is 0 Å². The second kappa shape index (κ2) is 10.7. The molecule has 31 heavy (non-hydrogen) atoms. The van der Waals surface area contributed by atoms with E-state index in [9.17, 15) is 0 Å². The molecule has 0 atom stereocenters. The number of pyridine rings is 2. The lowest BCUT2D eigenvalue weighted by Crippen LogP contribution is -2.36. The normalized spacial score (nSPS) is 15.8. The molecule has 0 saturated carbocycles. The molecule has 3 aromatic heterocycles. The summed E-state index contributed by atoms with van der Waals surface area (Å²) in [5.41, 5.74) is 3.36. The lowest BCUT2D eigenvalue weighted by atomic mass is 10.1. The fraction of sp³-hybridized carbons (Fsp3) is 0.391. The third kappa shape index (κ3) is 5.45. The van der Waals surface area contributed by atoms with Gasteiger partial charge in [-0.3, -0.25) is 4.98 Å². The van der Waals surface area contributed by atoms with Crippen molar-refractivity contribution in [3.05, 3.63) is 36.8 Å². The van der Waals surface area contributed by atoms with E-state index >= 15 is 0 Å². The molecule has 2 aliphatic heterocycles. The molecule has 0 amide bonds. The molecule has 8 nitrogen and oxygen atoms in total. The Kier molecular flexibility index (Phi) is 7.21. The molecular weight excluding hydrogens is 390 g/mol. The molecule has 5 heterocycles. The van der Waals surface area contributed by atoms with Crippen molar-refractivity contribution in [1.82, 2.24) is 25.3 Å². The van der Waals surface area contributed by atoms with Crippen LogP contribution in [0, 0.1) is 11.8 Å². The molecule has 0 aromatic carbocycles. The Morgan fingerprint density at radius 3 is 2.77 bits per heavy atom. The van der Waals surface area contributed by atoms with Crippen LogP contribution < -0.4 is 15.5 Å². The fourth-order valence-corrected chi connectivity index (χ4v) is 3.41. The zero-order valence-corrected chi connectivity index (χ0v) is 17.8. The summed E-state index contributed by atoms with van der Waals surface area (Å²) in [6.45, 7) is 5.26. The lowest BCUT2D eigenvalue weighted by Gasteiger charge is -2.27. The van der Waals surface area contributed by atoms with Gasteiger partial charge in [0.1, 0.15) is 11.3 Å². The van der Waals surface area contributed by atoms with E-state index in [0.29, 0.717) is 5.82 Å². The van der Waals surface area contributed by atoms with E-state index in [1.54, 1.807) is 12.4 Å². The van der Waals surface area contributed by atoms with Gasteiger partial charge in [0.25, 0.3) is 0 Å². The van der Waals surface area contributed by atoms with E-state index in [1.807, 2.05) is 31.4 Å². The third-order valence-electron chi connectivity index (χ3n) is 5.07. The van der Waals surface area contributed by atoms with Gasteiger partial charge in [0.15, 0.2) is 5.82 Å². The highest BCUT2D eigenvalue weighted by Crippen LogP contribution is 2.25. The number of fused-ring (bicyclic) bond motifs is 1. The SMILES string of the molecule is C1#CCNCCC1.CNc1nc(-c2ccc(N3CCOCC3)nc2)cc2nccnc12. The molecule has 5 rings (SSSR count). The van der Waals surface area contributed by atoms with Gasteiger partial charge in [0.05, 0.1) is 31.0 Å². The van der Waals surface area contributed by atoms with Crippen molar-refractivity contribution >= 4 is 22.7 Å². The maximum Gasteiger partial charge on any atom is 0.154 e. The molecule has 2 aliphatic rings. The van der Waals surface area contributed by atoms with Gasteiger partial charge in [0.2, 0.25) is 0 Å². The topological polar surface area (TPSA) is 88.1 Å². The molecule has 0 radical (unpaired) electrons. The lowest BCUT2D eigenvalue weighted by molar-refractivity contribution is 0.122. The number of ether oxygens (including phenoxy) is 1. The van der Waals surface area contributed by atoms with Gasteiger partial charge in [0, 0.05) is 50.7 Å². The summed E-state index contributed by atoms with van der Waals surface area (Å²) in [5, 5.41) is 6.26. The van der Waals surface area contributed by atoms with Crippen LogP contribution in [0.1, 0.15) is 12.8 Å². The summed E-state index contributed by atoms with van der Waals surface area (Å²) >= 11 is 0. The van der Waals surface area contributed by atoms with Crippen LogP contribution >= 0.6 is 0 Å². The minimum absolute atomic E-state index is 0.716. The fourth-order valence-electron chi connectivity index (χ4n) is 3.41. The first-order valence-corrected chi connectivity index (χ1v) is 10.6. The summed E-state index contributed by atoms with van der Waals surface area (Å²) in [5.74, 6) is 7.71. The monoisotopic (exact) mass is 417 g/mol. The molecule has 1 fully saturated rings. The Morgan fingerprint density at radius 2 is 1.97 bits per heavy atom. The molecule has 0 unspecified atom stereocenters. The number of hydrogen-bond acceptors (Lipinski definition) is 8. The van der Waals surface area contributed by atoms with Crippen molar-refractivity contribution in [2.75, 3.05) is 56.7 Å². The summed E-state index contributed by atoms with van der Waals surface area (Å²) < 4.78 is 5.38. The Bertz CT molecular complexity index is 1040. The largest absolute Gasteiger partial charge is 0.378 e. The Hall–Kier alpha value is -3.28. The van der Waals surface area contributed by atoms with Crippen LogP contribution in [-0.4, -0.2) is 66.4 Å². The van der Waals surface area contributed by atoms with Crippen molar-refractivity contribution in [2.45, 2.75) is 12.8 Å². The van der Waals surface area contributed by atoms with E-state index in [-0.39, 0.29) is 0 Å². The number of hydrogen-bond donors (Lipinski definition) is 2. The number of morpholine rings is 1. The maximum atomic E-state index is 5.38. The average molecular weight is 418 g/mol. The third-order valence-corrected chi connectivity index (χ3v) is 5.07. The first-order valence-electron chi connectivity index (χ1n) is 10.6. The first kappa shape index (κ1) is 21.0. The number of aromatic nitrogens is 4. The highest BCUT2D eigenvalue weighted by atomic mass is 16.5. The van der Waals surface area contributed by atoms with Crippen LogP contribution in [0.25, 0.3) is 22.3 Å². The van der Waals surface area contributed by atoms with Crippen LogP contribution in [0.15, 0.2) is 36.8 Å². The van der Waals surface area contributed by atoms with Gasteiger partial charge in [-0.1, -0.05) is 5.92 Å². The summed E-state index contributed by atoms with van der Waals surface area (Å²) in [6, 6.07) is 6.01. The zero-order chi connectivity index (χ0) is 21.3. The molecule has 0 aliphatic carbocycles. The molecular formula is C23H27N7O. The van der Waals surface area contributed by atoms with Crippen molar-refractivity contribution in [1.29, 1.82) is 0 Å². The van der Waals surface area contributed by atoms with Crippen LogP contribution in [0.2, 0.25) is 0 Å². The van der Waals surface area contributed by atoms with Crippen LogP contribution in [0.5, 0.6) is 0 Å². The van der Waals surface area contributed by atoms with E-state index in [2.05, 4.69) is 47.3 Å². The standard InChI is InChI=1S/C17H18N6O.C6H9N/c1-18-17-16-14(19-4-5-20-16)10-13(22-17)12-2-3-15(21-11-12)23-6-8-24-9-7-23;1-2-4-6-7-5-3-1/h2-5,10-11H,6-9H2,1H3,(H,18,22);7H,1,3,5-6H2. The van der Waals surface area contributed by atoms with Crippen LogP contribution in [0.3, 0.4) is 0 Å². The maximum absolute atomic E-state index is 5.38. The summed E-state index contributed by atoms with van der Waals surface area (Å²) in [4.78, 5) is 20.2. The predicted molar refractivity (Wildman–Crippen MR) is 123 cm³/mol. The predicted octanol–water partition coefficient (Wildman–Crippen LogP) is 2.34. The first-order chi connectivity index (χ1) is 15.3. The van der Waals surface area contributed by atoms with Crippen molar-refractivity contribution in [3.63, 3.8) is 0 Å². The van der Waals surface area contributed by atoms with E-state index in [1.165, 1.54) is 6.42 Å². The molecule has 3 aromatic rings. The van der Waals surface area contributed by atoms with Gasteiger partial charge in [-0.25, -0.2) is 15.0 Å². The quantitative estimate of drug-likeness (QED) is 0.628. The van der Waals surface area contributed by atoms with Gasteiger partial charge < -0.3 is 20.3 Å². The Labute approximate surface area is 182 Å². The average Bonchev–Trinajstić information content (AvgIpc) is 3.18. The van der Waals surface area contributed by atoms with Gasteiger partial charge in [-0.05, 0) is 31.2 Å².